The molecule has 2 atom stereocenters. The van der Waals surface area contributed by atoms with E-state index in [1.54, 1.807) is 42.5 Å². The van der Waals surface area contributed by atoms with Crippen LogP contribution in [0.4, 0.5) is 32.3 Å². The SMILES string of the molecule is COc1ccc(N2Cc3cnc(Nc4ccc(F)c(OC)c4)nc3N(C3CC(O)CC(O)C3)C2=O)cc1. The average Bonchev–Trinajstić information content (AvgIpc) is 2.89. The third-order valence-corrected chi connectivity index (χ3v) is 6.62. The van der Waals surface area contributed by atoms with Gasteiger partial charge in [0.15, 0.2) is 11.6 Å². The summed E-state index contributed by atoms with van der Waals surface area (Å²) >= 11 is 0. The third-order valence-electron chi connectivity index (χ3n) is 6.62. The van der Waals surface area contributed by atoms with Crippen molar-refractivity contribution in [3.8, 4) is 11.5 Å². The molecule has 1 aliphatic carbocycles. The van der Waals surface area contributed by atoms with Crippen LogP contribution in [-0.4, -0.2) is 58.7 Å². The van der Waals surface area contributed by atoms with Crippen LogP contribution in [0.5, 0.6) is 11.5 Å². The normalized spacial score (nSPS) is 21.4. The van der Waals surface area contributed by atoms with Crippen LogP contribution < -0.4 is 24.6 Å². The zero-order valence-electron chi connectivity index (χ0n) is 20.5. The van der Waals surface area contributed by atoms with Crippen molar-refractivity contribution in [2.24, 2.45) is 0 Å². The van der Waals surface area contributed by atoms with E-state index in [1.807, 2.05) is 0 Å². The number of hydrogen-bond donors (Lipinski definition) is 3. The summed E-state index contributed by atoms with van der Waals surface area (Å²) in [7, 11) is 2.95. The van der Waals surface area contributed by atoms with Gasteiger partial charge in [-0.15, -0.1) is 0 Å². The number of nitrogens with one attached hydrogen (secondary N) is 1. The summed E-state index contributed by atoms with van der Waals surface area (Å²) in [5.41, 5.74) is 1.88. The van der Waals surface area contributed by atoms with Gasteiger partial charge in [-0.1, -0.05) is 0 Å². The topological polar surface area (TPSA) is 120 Å². The van der Waals surface area contributed by atoms with Crippen molar-refractivity contribution >= 4 is 29.2 Å². The molecule has 0 bridgehead atoms. The first kappa shape index (κ1) is 24.7. The van der Waals surface area contributed by atoms with Crippen molar-refractivity contribution < 1.29 is 28.9 Å². The maximum absolute atomic E-state index is 13.9. The number of hydrogen-bond acceptors (Lipinski definition) is 8. The van der Waals surface area contributed by atoms with Crippen molar-refractivity contribution in [1.29, 1.82) is 0 Å². The van der Waals surface area contributed by atoms with Gasteiger partial charge in [-0.05, 0) is 55.7 Å². The minimum absolute atomic E-state index is 0.0695. The first-order chi connectivity index (χ1) is 17.9. The number of ether oxygens (including phenoxy) is 2. The molecule has 194 valence electrons. The second-order valence-corrected chi connectivity index (χ2v) is 9.12. The van der Waals surface area contributed by atoms with E-state index in [9.17, 15) is 19.4 Å². The number of rotatable bonds is 6. The van der Waals surface area contributed by atoms with Gasteiger partial charge in [-0.25, -0.2) is 14.2 Å². The van der Waals surface area contributed by atoms with Crippen LogP contribution in [-0.2, 0) is 6.54 Å². The number of carbonyl (C=O) groups is 1. The molecule has 11 heteroatoms. The Labute approximate surface area is 213 Å². The Morgan fingerprint density at radius 1 is 1.03 bits per heavy atom. The Balaban J connectivity index is 1.52. The fourth-order valence-electron chi connectivity index (χ4n) is 4.84. The van der Waals surface area contributed by atoms with E-state index < -0.39 is 24.1 Å². The molecule has 1 aromatic heterocycles. The fraction of sp³-hybridized carbons (Fsp3) is 0.346. The molecular weight excluding hydrogens is 481 g/mol. The lowest BCUT2D eigenvalue weighted by molar-refractivity contribution is 0.0314. The zero-order valence-corrected chi connectivity index (χ0v) is 20.5. The van der Waals surface area contributed by atoms with Crippen LogP contribution in [0, 0.1) is 5.82 Å². The monoisotopic (exact) mass is 509 g/mol. The van der Waals surface area contributed by atoms with Crippen molar-refractivity contribution in [2.45, 2.75) is 44.1 Å². The Kier molecular flexibility index (Phi) is 6.81. The first-order valence-corrected chi connectivity index (χ1v) is 11.9. The average molecular weight is 510 g/mol. The molecule has 1 saturated carbocycles. The van der Waals surface area contributed by atoms with Gasteiger partial charge < -0.3 is 25.0 Å². The van der Waals surface area contributed by atoms with Crippen LogP contribution in [0.1, 0.15) is 24.8 Å². The van der Waals surface area contributed by atoms with Crippen LogP contribution in [0.15, 0.2) is 48.7 Å². The van der Waals surface area contributed by atoms with E-state index >= 15 is 0 Å². The number of aliphatic hydroxyl groups excluding tert-OH is 2. The predicted octanol–water partition coefficient (Wildman–Crippen LogP) is 3.60. The molecule has 10 nitrogen and oxygen atoms in total. The largest absolute Gasteiger partial charge is 0.497 e. The van der Waals surface area contributed by atoms with Crippen molar-refractivity contribution in [1.82, 2.24) is 9.97 Å². The van der Waals surface area contributed by atoms with Gasteiger partial charge >= 0.3 is 6.03 Å². The second kappa shape index (κ2) is 10.2. The summed E-state index contributed by atoms with van der Waals surface area (Å²) in [6.07, 6.45) is 1.02. The number of amides is 2. The highest BCUT2D eigenvalue weighted by atomic mass is 19.1. The van der Waals surface area contributed by atoms with Gasteiger partial charge in [0.1, 0.15) is 11.6 Å². The van der Waals surface area contributed by atoms with Gasteiger partial charge in [0, 0.05) is 35.2 Å². The van der Waals surface area contributed by atoms with E-state index in [1.165, 1.54) is 30.2 Å². The highest BCUT2D eigenvalue weighted by Gasteiger charge is 2.41. The number of aromatic nitrogens is 2. The summed E-state index contributed by atoms with van der Waals surface area (Å²) < 4.78 is 24.1. The summed E-state index contributed by atoms with van der Waals surface area (Å²) in [6, 6.07) is 10.6. The van der Waals surface area contributed by atoms with E-state index in [0.717, 1.165) is 0 Å². The smallest absolute Gasteiger partial charge is 0.330 e. The van der Waals surface area contributed by atoms with E-state index in [4.69, 9.17) is 9.47 Å². The second-order valence-electron chi connectivity index (χ2n) is 9.12. The van der Waals surface area contributed by atoms with E-state index in [0.29, 0.717) is 41.3 Å². The van der Waals surface area contributed by atoms with Crippen LogP contribution in [0.25, 0.3) is 0 Å². The number of fused-ring (bicyclic) bond motifs is 1. The first-order valence-electron chi connectivity index (χ1n) is 11.9. The number of nitrogens with zero attached hydrogens (tertiary/aromatic N) is 4. The highest BCUT2D eigenvalue weighted by molar-refractivity contribution is 6.06. The molecule has 3 aromatic rings. The van der Waals surface area contributed by atoms with Crippen molar-refractivity contribution in [3.63, 3.8) is 0 Å². The number of anilines is 4. The molecule has 2 aliphatic rings. The third kappa shape index (κ3) is 5.00. The number of methoxy groups -OCH3 is 2. The Morgan fingerprint density at radius 2 is 1.76 bits per heavy atom. The summed E-state index contributed by atoms with van der Waals surface area (Å²) in [5.74, 6) is 0.845. The summed E-state index contributed by atoms with van der Waals surface area (Å²) in [6.45, 7) is 0.236. The number of urea groups is 1. The maximum Gasteiger partial charge on any atom is 0.330 e. The van der Waals surface area contributed by atoms with Crippen LogP contribution >= 0.6 is 0 Å². The summed E-state index contributed by atoms with van der Waals surface area (Å²) in [5, 5.41) is 23.8. The molecule has 0 saturated heterocycles. The highest BCUT2D eigenvalue weighted by Crippen LogP contribution is 2.37. The van der Waals surface area contributed by atoms with Crippen molar-refractivity contribution in [3.05, 3.63) is 60.0 Å². The fourth-order valence-corrected chi connectivity index (χ4v) is 4.84. The number of aliphatic hydroxyl groups is 2. The van der Waals surface area contributed by atoms with Gasteiger partial charge in [0.25, 0.3) is 0 Å². The Bertz CT molecular complexity index is 1280. The predicted molar refractivity (Wildman–Crippen MR) is 135 cm³/mol. The maximum atomic E-state index is 13.9. The quantitative estimate of drug-likeness (QED) is 0.461. The lowest BCUT2D eigenvalue weighted by Crippen LogP contribution is -2.55. The Hall–Kier alpha value is -3.96. The molecule has 5 rings (SSSR count). The zero-order chi connectivity index (χ0) is 26.1. The van der Waals surface area contributed by atoms with E-state index in [2.05, 4.69) is 15.3 Å². The molecule has 2 aromatic carbocycles. The molecule has 2 amide bonds. The van der Waals surface area contributed by atoms with Gasteiger partial charge in [0.2, 0.25) is 5.95 Å². The lowest BCUT2D eigenvalue weighted by Gasteiger charge is -2.43. The minimum atomic E-state index is -0.743. The minimum Gasteiger partial charge on any atom is -0.497 e. The summed E-state index contributed by atoms with van der Waals surface area (Å²) in [4.78, 5) is 26.1. The molecule has 0 radical (unpaired) electrons. The van der Waals surface area contributed by atoms with Crippen LogP contribution in [0.3, 0.4) is 0 Å². The standard InChI is InChI=1S/C26H28FN5O5/c1-36-21-6-4-17(5-7-21)31-14-15-13-28-25(29-16-3-8-22(27)23(9-16)37-2)30-24(15)32(26(31)35)18-10-19(33)12-20(34)11-18/h3-9,13,18-20,33-34H,10-12,14H2,1-2H3,(H,28,29,30). The molecule has 37 heavy (non-hydrogen) atoms. The van der Waals surface area contributed by atoms with Gasteiger partial charge in [-0.2, -0.15) is 4.98 Å². The van der Waals surface area contributed by atoms with E-state index in [-0.39, 0.29) is 30.7 Å². The van der Waals surface area contributed by atoms with Crippen molar-refractivity contribution in [2.75, 3.05) is 29.3 Å². The molecule has 3 N–H and O–H groups in total. The van der Waals surface area contributed by atoms with Gasteiger partial charge in [0.05, 0.1) is 33.0 Å². The lowest BCUT2D eigenvalue weighted by atomic mass is 9.89. The number of carbonyl (C=O) groups excluding carboxylic acids is 1. The number of benzene rings is 2. The van der Waals surface area contributed by atoms with Gasteiger partial charge in [-0.3, -0.25) is 9.80 Å². The number of halogens is 1. The molecule has 0 spiro atoms. The molecule has 2 heterocycles. The molecule has 1 aliphatic heterocycles. The van der Waals surface area contributed by atoms with Crippen LogP contribution in [0.2, 0.25) is 0 Å². The molecule has 2 unspecified atom stereocenters. The Morgan fingerprint density at radius 3 is 2.43 bits per heavy atom. The molecular formula is C26H28FN5O5. The molecule has 1 fully saturated rings.